The lowest BCUT2D eigenvalue weighted by atomic mass is 9.99. The number of sulfone groups is 1. The molecule has 0 radical (unpaired) electrons. The summed E-state index contributed by atoms with van der Waals surface area (Å²) < 4.78 is 25.7. The van der Waals surface area contributed by atoms with Crippen LogP contribution in [0.3, 0.4) is 0 Å². The molecule has 33 heavy (non-hydrogen) atoms. The minimum absolute atomic E-state index is 0.0389. The number of rotatable bonds is 5. The summed E-state index contributed by atoms with van der Waals surface area (Å²) in [5, 5.41) is 6.66. The van der Waals surface area contributed by atoms with Gasteiger partial charge in [0.1, 0.15) is 5.82 Å². The minimum atomic E-state index is -2.93. The Hall–Kier alpha value is -2.49. The molecule has 174 valence electrons. The average molecular weight is 488 g/mol. The third-order valence-corrected chi connectivity index (χ3v) is 8.63. The predicted octanol–water partition coefficient (Wildman–Crippen LogP) is 3.12. The van der Waals surface area contributed by atoms with Crippen LogP contribution in [0.1, 0.15) is 19.3 Å². The molecule has 1 amide bonds. The van der Waals surface area contributed by atoms with Crippen LogP contribution in [-0.4, -0.2) is 53.5 Å². The Labute approximate surface area is 197 Å². The van der Waals surface area contributed by atoms with E-state index in [0.29, 0.717) is 30.4 Å². The molecular weight excluding hydrogens is 462 g/mol. The third-order valence-electron chi connectivity index (χ3n) is 6.49. The van der Waals surface area contributed by atoms with Gasteiger partial charge in [-0.25, -0.2) is 18.4 Å². The highest BCUT2D eigenvalue weighted by Gasteiger charge is 2.28. The first-order valence-electron chi connectivity index (χ1n) is 11.2. The molecule has 10 heteroatoms. The van der Waals surface area contributed by atoms with Crippen molar-refractivity contribution in [3.63, 3.8) is 0 Å². The number of fused-ring (bicyclic) bond motifs is 1. The molecule has 2 atom stereocenters. The van der Waals surface area contributed by atoms with Crippen molar-refractivity contribution < 1.29 is 13.2 Å². The Morgan fingerprint density at radius 1 is 1.24 bits per heavy atom. The molecule has 2 aliphatic rings. The number of nitrogens with zero attached hydrogens (tertiary/aromatic N) is 3. The van der Waals surface area contributed by atoms with E-state index in [1.807, 2.05) is 22.8 Å². The predicted molar refractivity (Wildman–Crippen MR) is 129 cm³/mol. The molecular formula is C23H26ClN5O3S. The Balaban J connectivity index is 1.40. The van der Waals surface area contributed by atoms with Gasteiger partial charge in [-0.15, -0.1) is 0 Å². The van der Waals surface area contributed by atoms with Crippen LogP contribution in [0, 0.1) is 11.8 Å². The van der Waals surface area contributed by atoms with Crippen molar-refractivity contribution in [3.05, 3.63) is 41.8 Å². The second-order valence-electron chi connectivity index (χ2n) is 8.95. The zero-order valence-electron chi connectivity index (χ0n) is 18.1. The van der Waals surface area contributed by atoms with Crippen molar-refractivity contribution in [1.29, 1.82) is 0 Å². The van der Waals surface area contributed by atoms with Crippen molar-refractivity contribution in [2.24, 2.45) is 11.8 Å². The summed E-state index contributed by atoms with van der Waals surface area (Å²) in [6.07, 6.45) is 5.84. The van der Waals surface area contributed by atoms with Crippen LogP contribution < -0.4 is 10.6 Å². The molecule has 1 aromatic carbocycles. The summed E-state index contributed by atoms with van der Waals surface area (Å²) in [6, 6.07) is 7.67. The summed E-state index contributed by atoms with van der Waals surface area (Å²) in [4.78, 5) is 21.4. The van der Waals surface area contributed by atoms with Crippen molar-refractivity contribution in [1.82, 2.24) is 19.9 Å². The maximum atomic E-state index is 12.6. The normalized spacial score (nSPS) is 22.5. The fourth-order valence-corrected chi connectivity index (χ4v) is 6.76. The molecule has 2 saturated heterocycles. The van der Waals surface area contributed by atoms with Crippen LogP contribution in [0.5, 0.6) is 0 Å². The molecule has 2 N–H and O–H groups in total. The lowest BCUT2D eigenvalue weighted by molar-refractivity contribution is -0.120. The number of imidazole rings is 1. The lowest BCUT2D eigenvalue weighted by Gasteiger charge is -2.21. The van der Waals surface area contributed by atoms with Gasteiger partial charge < -0.3 is 15.2 Å². The van der Waals surface area contributed by atoms with Crippen LogP contribution in [0.2, 0.25) is 5.02 Å². The van der Waals surface area contributed by atoms with Gasteiger partial charge in [-0.2, -0.15) is 0 Å². The number of benzene rings is 1. The summed E-state index contributed by atoms with van der Waals surface area (Å²) in [7, 11) is -2.93. The van der Waals surface area contributed by atoms with E-state index in [-0.39, 0.29) is 29.2 Å². The van der Waals surface area contributed by atoms with Gasteiger partial charge in [0.25, 0.3) is 0 Å². The highest BCUT2D eigenvalue weighted by molar-refractivity contribution is 7.91. The number of aromatic nitrogens is 3. The summed E-state index contributed by atoms with van der Waals surface area (Å²) >= 11 is 6.48. The zero-order chi connectivity index (χ0) is 23.0. The molecule has 8 nitrogen and oxygen atoms in total. The topological polar surface area (TPSA) is 106 Å². The number of hydrogen-bond donors (Lipinski definition) is 2. The molecule has 5 rings (SSSR count). The van der Waals surface area contributed by atoms with Crippen molar-refractivity contribution >= 4 is 44.2 Å². The van der Waals surface area contributed by atoms with Gasteiger partial charge in [0.05, 0.1) is 39.8 Å². The van der Waals surface area contributed by atoms with E-state index in [4.69, 9.17) is 11.6 Å². The molecule has 2 aliphatic heterocycles. The summed E-state index contributed by atoms with van der Waals surface area (Å²) in [5.74, 6) is 0.939. The molecule has 2 aromatic heterocycles. The summed E-state index contributed by atoms with van der Waals surface area (Å²) in [5.41, 5.74) is 3.40. The Kier molecular flexibility index (Phi) is 6.11. The van der Waals surface area contributed by atoms with Crippen molar-refractivity contribution in [3.8, 4) is 11.1 Å². The number of pyridine rings is 1. The fourth-order valence-electron chi connectivity index (χ4n) is 4.70. The van der Waals surface area contributed by atoms with Crippen LogP contribution in [-0.2, 0) is 21.2 Å². The third kappa shape index (κ3) is 4.90. The zero-order valence-corrected chi connectivity index (χ0v) is 19.7. The van der Waals surface area contributed by atoms with E-state index in [1.165, 1.54) is 0 Å². The number of halogens is 1. The van der Waals surface area contributed by atoms with E-state index < -0.39 is 9.84 Å². The van der Waals surface area contributed by atoms with E-state index in [9.17, 15) is 13.2 Å². The molecule has 0 aliphatic carbocycles. The second kappa shape index (κ2) is 9.04. The van der Waals surface area contributed by atoms with E-state index in [2.05, 4.69) is 20.6 Å². The SMILES string of the molecule is O=C(Nc1cc(-c2ccc3ncn(CC4CCS(=O)(=O)C4)c3c2)c(Cl)cn1)C1CCCNC1. The molecule has 0 saturated carbocycles. The number of carbonyl (C=O) groups excluding carboxylic acids is 1. The van der Waals surface area contributed by atoms with Gasteiger partial charge in [0.2, 0.25) is 5.91 Å². The maximum Gasteiger partial charge on any atom is 0.229 e. The second-order valence-corrected chi connectivity index (χ2v) is 11.6. The number of nitrogens with one attached hydrogen (secondary N) is 2. The molecule has 3 aromatic rings. The summed E-state index contributed by atoms with van der Waals surface area (Å²) in [6.45, 7) is 2.23. The molecule has 2 unspecified atom stereocenters. The lowest BCUT2D eigenvalue weighted by Crippen LogP contribution is -2.37. The van der Waals surface area contributed by atoms with Gasteiger partial charge in [0, 0.05) is 24.8 Å². The van der Waals surface area contributed by atoms with E-state index in [1.54, 1.807) is 18.6 Å². The molecule has 0 bridgehead atoms. The maximum absolute atomic E-state index is 12.6. The van der Waals surface area contributed by atoms with Gasteiger partial charge in [0.15, 0.2) is 9.84 Å². The molecule has 0 spiro atoms. The van der Waals surface area contributed by atoms with E-state index in [0.717, 1.165) is 41.5 Å². The Morgan fingerprint density at radius 2 is 2.12 bits per heavy atom. The first-order chi connectivity index (χ1) is 15.9. The first kappa shape index (κ1) is 22.3. The number of carbonyl (C=O) groups is 1. The highest BCUT2D eigenvalue weighted by Crippen LogP contribution is 2.32. The van der Waals surface area contributed by atoms with Crippen LogP contribution in [0.4, 0.5) is 5.82 Å². The van der Waals surface area contributed by atoms with Gasteiger partial charge in [-0.3, -0.25) is 4.79 Å². The Morgan fingerprint density at radius 3 is 2.88 bits per heavy atom. The van der Waals surface area contributed by atoms with Gasteiger partial charge in [-0.05, 0) is 55.5 Å². The molecule has 4 heterocycles. The van der Waals surface area contributed by atoms with Crippen molar-refractivity contribution in [2.75, 3.05) is 29.9 Å². The average Bonchev–Trinajstić information content (AvgIpc) is 3.37. The van der Waals surface area contributed by atoms with Crippen molar-refractivity contribution in [2.45, 2.75) is 25.8 Å². The number of hydrogen-bond acceptors (Lipinski definition) is 6. The van der Waals surface area contributed by atoms with Gasteiger partial charge >= 0.3 is 0 Å². The Bertz CT molecular complexity index is 1300. The van der Waals surface area contributed by atoms with Crippen LogP contribution >= 0.6 is 11.6 Å². The largest absolute Gasteiger partial charge is 0.330 e. The molecule has 2 fully saturated rings. The number of piperidine rings is 1. The van der Waals surface area contributed by atoms with Crippen LogP contribution in [0.15, 0.2) is 36.8 Å². The first-order valence-corrected chi connectivity index (χ1v) is 13.4. The van der Waals surface area contributed by atoms with E-state index >= 15 is 0 Å². The standard InChI is InChI=1S/C23H26ClN5O3S/c24-19-11-26-22(28-23(30)17-2-1-6-25-10-17)9-18(19)16-3-4-20-21(8-16)29(14-27-20)12-15-5-7-33(31,32)13-15/h3-4,8-9,11,14-15,17,25H,1-2,5-7,10,12-13H2,(H,26,28,30). The minimum Gasteiger partial charge on any atom is -0.330 e. The quantitative estimate of drug-likeness (QED) is 0.572. The van der Waals surface area contributed by atoms with Crippen LogP contribution in [0.25, 0.3) is 22.2 Å². The van der Waals surface area contributed by atoms with Gasteiger partial charge in [-0.1, -0.05) is 17.7 Å². The smallest absolute Gasteiger partial charge is 0.229 e. The fraction of sp³-hybridized carbons (Fsp3) is 0.435. The monoisotopic (exact) mass is 487 g/mol. The highest BCUT2D eigenvalue weighted by atomic mass is 35.5. The number of anilines is 1. The number of amides is 1.